The van der Waals surface area contributed by atoms with Crippen molar-refractivity contribution in [2.45, 2.75) is 33.1 Å². The summed E-state index contributed by atoms with van der Waals surface area (Å²) in [7, 11) is 0. The highest BCUT2D eigenvalue weighted by Crippen LogP contribution is 2.17. The lowest BCUT2D eigenvalue weighted by atomic mass is 9.99. The maximum absolute atomic E-state index is 12.2. The Morgan fingerprint density at radius 1 is 1.37 bits per heavy atom. The highest BCUT2D eigenvalue weighted by atomic mass is 16.2. The van der Waals surface area contributed by atoms with Gasteiger partial charge in [0.2, 0.25) is 0 Å². The minimum atomic E-state index is 0.00133. The monoisotopic (exact) mass is 262 g/mol. The third-order valence-corrected chi connectivity index (χ3v) is 3.51. The molecule has 0 bridgehead atoms. The van der Waals surface area contributed by atoms with Crippen LogP contribution in [0.5, 0.6) is 0 Å². The van der Waals surface area contributed by atoms with E-state index >= 15 is 0 Å². The Bertz CT molecular complexity index is 410. The fourth-order valence-corrected chi connectivity index (χ4v) is 2.17. The van der Waals surface area contributed by atoms with Crippen molar-refractivity contribution in [1.29, 1.82) is 0 Å². The number of carbonyl (C=O) groups is 1. The fourth-order valence-electron chi connectivity index (χ4n) is 2.17. The number of amides is 1. The van der Waals surface area contributed by atoms with Crippen LogP contribution in [0.4, 0.5) is 5.82 Å². The predicted molar refractivity (Wildman–Crippen MR) is 75.1 cm³/mol. The number of aromatic nitrogens is 2. The first-order valence-corrected chi connectivity index (χ1v) is 7.07. The third kappa shape index (κ3) is 3.66. The van der Waals surface area contributed by atoms with E-state index in [9.17, 15) is 4.79 Å². The summed E-state index contributed by atoms with van der Waals surface area (Å²) in [6.07, 6.45) is 3.19. The molecule has 1 aliphatic heterocycles. The third-order valence-electron chi connectivity index (χ3n) is 3.51. The van der Waals surface area contributed by atoms with Gasteiger partial charge in [-0.15, -0.1) is 10.2 Å². The molecule has 19 heavy (non-hydrogen) atoms. The molecule has 0 aromatic carbocycles. The van der Waals surface area contributed by atoms with Crippen LogP contribution in [-0.4, -0.2) is 40.6 Å². The highest BCUT2D eigenvalue weighted by molar-refractivity contribution is 5.92. The van der Waals surface area contributed by atoms with Crippen LogP contribution in [0.2, 0.25) is 0 Å². The molecule has 0 unspecified atom stereocenters. The average Bonchev–Trinajstić information content (AvgIpc) is 2.46. The Morgan fingerprint density at radius 3 is 2.68 bits per heavy atom. The number of carbonyl (C=O) groups excluding carboxylic acids is 1. The van der Waals surface area contributed by atoms with Gasteiger partial charge in [0.05, 0.1) is 0 Å². The summed E-state index contributed by atoms with van der Waals surface area (Å²) in [5, 5.41) is 11.2. The summed E-state index contributed by atoms with van der Waals surface area (Å²) in [6.45, 7) is 6.85. The molecule has 0 spiro atoms. The van der Waals surface area contributed by atoms with E-state index in [0.717, 1.165) is 50.6 Å². The van der Waals surface area contributed by atoms with Crippen LogP contribution >= 0.6 is 0 Å². The van der Waals surface area contributed by atoms with E-state index in [2.05, 4.69) is 29.4 Å². The van der Waals surface area contributed by atoms with E-state index in [1.54, 1.807) is 6.07 Å². The molecule has 1 N–H and O–H groups in total. The first-order chi connectivity index (χ1) is 9.20. The van der Waals surface area contributed by atoms with Gasteiger partial charge in [-0.3, -0.25) is 4.79 Å². The van der Waals surface area contributed by atoms with Gasteiger partial charge in [0.1, 0.15) is 5.82 Å². The molecule has 2 heterocycles. The second-order valence-electron chi connectivity index (χ2n) is 5.21. The Morgan fingerprint density at radius 2 is 2.11 bits per heavy atom. The van der Waals surface area contributed by atoms with Crippen LogP contribution in [-0.2, 0) is 0 Å². The van der Waals surface area contributed by atoms with Gasteiger partial charge >= 0.3 is 0 Å². The zero-order chi connectivity index (χ0) is 13.7. The van der Waals surface area contributed by atoms with Gasteiger partial charge in [0, 0.05) is 19.6 Å². The minimum absolute atomic E-state index is 0.00133. The number of likely N-dealkylation sites (tertiary alicyclic amines) is 1. The summed E-state index contributed by atoms with van der Waals surface area (Å²) in [5.41, 5.74) is 0.441. The van der Waals surface area contributed by atoms with E-state index in [-0.39, 0.29) is 5.91 Å². The fraction of sp³-hybridized carbons (Fsp3) is 0.643. The Hall–Kier alpha value is -1.65. The summed E-state index contributed by atoms with van der Waals surface area (Å²) in [6, 6.07) is 3.58. The maximum atomic E-state index is 12.2. The lowest BCUT2D eigenvalue weighted by Crippen LogP contribution is -2.38. The highest BCUT2D eigenvalue weighted by Gasteiger charge is 2.22. The van der Waals surface area contributed by atoms with Gasteiger partial charge in [-0.05, 0) is 37.3 Å². The molecule has 1 aromatic rings. The summed E-state index contributed by atoms with van der Waals surface area (Å²) in [5.74, 6) is 1.45. The number of hydrogen-bond donors (Lipinski definition) is 1. The van der Waals surface area contributed by atoms with Crippen LogP contribution in [0, 0.1) is 5.92 Å². The van der Waals surface area contributed by atoms with Gasteiger partial charge < -0.3 is 10.2 Å². The van der Waals surface area contributed by atoms with Crippen molar-refractivity contribution in [3.8, 4) is 0 Å². The molecular formula is C14H22N4O. The van der Waals surface area contributed by atoms with Crippen LogP contribution in [0.25, 0.3) is 0 Å². The standard InChI is InChI=1S/C14H22N4O/c1-3-8-15-13-5-4-12(16-17-13)14(19)18-9-6-11(2)7-10-18/h4-5,11H,3,6-10H2,1-2H3,(H,15,17). The van der Waals surface area contributed by atoms with Crippen molar-refractivity contribution in [3.05, 3.63) is 17.8 Å². The molecule has 1 fully saturated rings. The van der Waals surface area contributed by atoms with Crippen molar-refractivity contribution in [2.75, 3.05) is 25.0 Å². The molecule has 0 saturated carbocycles. The van der Waals surface area contributed by atoms with Crippen molar-refractivity contribution in [1.82, 2.24) is 15.1 Å². The lowest BCUT2D eigenvalue weighted by Gasteiger charge is -2.29. The maximum Gasteiger partial charge on any atom is 0.274 e. The normalized spacial score (nSPS) is 16.4. The van der Waals surface area contributed by atoms with Gasteiger partial charge in [0.15, 0.2) is 5.69 Å². The first kappa shape index (κ1) is 13.8. The quantitative estimate of drug-likeness (QED) is 0.903. The van der Waals surface area contributed by atoms with E-state index in [4.69, 9.17) is 0 Å². The molecule has 5 nitrogen and oxygen atoms in total. The largest absolute Gasteiger partial charge is 0.369 e. The number of hydrogen-bond acceptors (Lipinski definition) is 4. The molecule has 5 heteroatoms. The lowest BCUT2D eigenvalue weighted by molar-refractivity contribution is 0.0690. The number of piperidine rings is 1. The molecule has 0 radical (unpaired) electrons. The van der Waals surface area contributed by atoms with Crippen molar-refractivity contribution >= 4 is 11.7 Å². The molecule has 1 aliphatic rings. The van der Waals surface area contributed by atoms with Gasteiger partial charge in [-0.25, -0.2) is 0 Å². The second-order valence-corrected chi connectivity index (χ2v) is 5.21. The van der Waals surface area contributed by atoms with Crippen LogP contribution < -0.4 is 5.32 Å². The number of nitrogens with zero attached hydrogens (tertiary/aromatic N) is 3. The van der Waals surface area contributed by atoms with Gasteiger partial charge in [-0.1, -0.05) is 13.8 Å². The van der Waals surface area contributed by atoms with E-state index in [1.807, 2.05) is 11.0 Å². The first-order valence-electron chi connectivity index (χ1n) is 7.07. The minimum Gasteiger partial charge on any atom is -0.369 e. The molecule has 1 saturated heterocycles. The van der Waals surface area contributed by atoms with Gasteiger partial charge in [0.25, 0.3) is 5.91 Å². The molecular weight excluding hydrogens is 240 g/mol. The van der Waals surface area contributed by atoms with Crippen LogP contribution in [0.1, 0.15) is 43.6 Å². The van der Waals surface area contributed by atoms with Crippen LogP contribution in [0.3, 0.4) is 0 Å². The number of anilines is 1. The molecule has 2 rings (SSSR count). The Balaban J connectivity index is 1.95. The zero-order valence-electron chi connectivity index (χ0n) is 11.7. The van der Waals surface area contributed by atoms with E-state index in [0.29, 0.717) is 5.69 Å². The predicted octanol–water partition coefficient (Wildman–Crippen LogP) is 2.17. The molecule has 1 amide bonds. The Kier molecular flexibility index (Phi) is 4.71. The van der Waals surface area contributed by atoms with Crippen molar-refractivity contribution < 1.29 is 4.79 Å². The van der Waals surface area contributed by atoms with E-state index in [1.165, 1.54) is 0 Å². The summed E-state index contributed by atoms with van der Waals surface area (Å²) < 4.78 is 0. The SMILES string of the molecule is CCCNc1ccc(C(=O)N2CCC(C)CC2)nn1. The summed E-state index contributed by atoms with van der Waals surface area (Å²) in [4.78, 5) is 14.1. The van der Waals surface area contributed by atoms with Crippen molar-refractivity contribution in [3.63, 3.8) is 0 Å². The molecule has 104 valence electrons. The average molecular weight is 262 g/mol. The van der Waals surface area contributed by atoms with E-state index < -0.39 is 0 Å². The zero-order valence-corrected chi connectivity index (χ0v) is 11.7. The van der Waals surface area contributed by atoms with Gasteiger partial charge in [-0.2, -0.15) is 0 Å². The van der Waals surface area contributed by atoms with Crippen molar-refractivity contribution in [2.24, 2.45) is 5.92 Å². The molecule has 0 aliphatic carbocycles. The smallest absolute Gasteiger partial charge is 0.274 e. The Labute approximate surface area is 114 Å². The number of nitrogens with one attached hydrogen (secondary N) is 1. The second kappa shape index (κ2) is 6.50. The topological polar surface area (TPSA) is 58.1 Å². The molecule has 0 atom stereocenters. The summed E-state index contributed by atoms with van der Waals surface area (Å²) >= 11 is 0. The van der Waals surface area contributed by atoms with Crippen LogP contribution in [0.15, 0.2) is 12.1 Å². The molecule has 1 aromatic heterocycles. The number of rotatable bonds is 4.